The molecule has 1 heterocycles. The Morgan fingerprint density at radius 3 is 2.55 bits per heavy atom. The number of benzene rings is 2. The molecule has 0 aliphatic rings. The highest BCUT2D eigenvalue weighted by Gasteiger charge is 2.13. The van der Waals surface area contributed by atoms with Gasteiger partial charge in [0.15, 0.2) is 0 Å². The summed E-state index contributed by atoms with van der Waals surface area (Å²) in [5, 5.41) is 0.747. The Bertz CT molecular complexity index is 729. The molecule has 0 spiro atoms. The lowest BCUT2D eigenvalue weighted by atomic mass is 10.2. The molecule has 1 unspecified atom stereocenters. The van der Waals surface area contributed by atoms with Gasteiger partial charge in [-0.05, 0) is 36.8 Å². The van der Waals surface area contributed by atoms with Crippen LogP contribution in [0.25, 0.3) is 11.0 Å². The molecule has 0 aliphatic heterocycles. The first-order chi connectivity index (χ1) is 9.65. The topological polar surface area (TPSA) is 43.8 Å². The summed E-state index contributed by atoms with van der Waals surface area (Å²) in [7, 11) is 0. The number of aromatic nitrogens is 2. The normalized spacial score (nSPS) is 12.8. The molecule has 3 aromatic rings. The van der Waals surface area contributed by atoms with Crippen molar-refractivity contribution in [3.05, 3.63) is 64.9 Å². The van der Waals surface area contributed by atoms with Crippen LogP contribution in [0, 0.1) is 0 Å². The smallest absolute Gasteiger partial charge is 0.126 e. The molecule has 2 N–H and O–H groups in total. The van der Waals surface area contributed by atoms with Crippen molar-refractivity contribution in [3.8, 4) is 0 Å². The van der Waals surface area contributed by atoms with Crippen LogP contribution >= 0.6 is 11.6 Å². The second-order valence-electron chi connectivity index (χ2n) is 4.96. The lowest BCUT2D eigenvalue weighted by Crippen LogP contribution is -2.14. The monoisotopic (exact) mass is 285 g/mol. The van der Waals surface area contributed by atoms with Crippen LogP contribution in [-0.2, 0) is 6.54 Å². The fourth-order valence-electron chi connectivity index (χ4n) is 2.38. The summed E-state index contributed by atoms with van der Waals surface area (Å²) in [4.78, 5) is 4.64. The van der Waals surface area contributed by atoms with Crippen LogP contribution in [0.3, 0.4) is 0 Å². The maximum atomic E-state index is 6.05. The van der Waals surface area contributed by atoms with Crippen molar-refractivity contribution in [2.45, 2.75) is 19.5 Å². The maximum absolute atomic E-state index is 6.05. The number of imidazole rings is 1. The summed E-state index contributed by atoms with van der Waals surface area (Å²) in [6.45, 7) is 2.70. The van der Waals surface area contributed by atoms with Crippen LogP contribution in [0.4, 0.5) is 0 Å². The Balaban J connectivity index is 2.09. The highest BCUT2D eigenvalue weighted by atomic mass is 35.5. The van der Waals surface area contributed by atoms with Crippen molar-refractivity contribution in [1.82, 2.24) is 9.55 Å². The van der Waals surface area contributed by atoms with E-state index in [9.17, 15) is 0 Å². The maximum Gasteiger partial charge on any atom is 0.126 e. The molecular formula is C16H16ClN3. The third-order valence-corrected chi connectivity index (χ3v) is 3.60. The minimum atomic E-state index is -0.102. The summed E-state index contributed by atoms with van der Waals surface area (Å²) < 4.78 is 2.17. The second-order valence-corrected chi connectivity index (χ2v) is 5.40. The fraction of sp³-hybridized carbons (Fsp3) is 0.188. The quantitative estimate of drug-likeness (QED) is 0.796. The number of fused-ring (bicyclic) bond motifs is 1. The number of rotatable bonds is 3. The Kier molecular flexibility index (Phi) is 3.47. The predicted octanol–water partition coefficient (Wildman–Crippen LogP) is 3.76. The van der Waals surface area contributed by atoms with Gasteiger partial charge in [-0.15, -0.1) is 0 Å². The molecule has 0 amide bonds. The Morgan fingerprint density at radius 1 is 1.15 bits per heavy atom. The first-order valence-electron chi connectivity index (χ1n) is 6.60. The number of hydrogen-bond donors (Lipinski definition) is 1. The van der Waals surface area contributed by atoms with Gasteiger partial charge in [-0.2, -0.15) is 0 Å². The van der Waals surface area contributed by atoms with Gasteiger partial charge in [-0.1, -0.05) is 35.9 Å². The molecule has 0 fully saturated rings. The van der Waals surface area contributed by atoms with Crippen molar-refractivity contribution in [1.29, 1.82) is 0 Å². The number of hydrogen-bond acceptors (Lipinski definition) is 2. The van der Waals surface area contributed by atoms with Crippen LogP contribution in [0.5, 0.6) is 0 Å². The summed E-state index contributed by atoms with van der Waals surface area (Å²) >= 11 is 5.93. The minimum Gasteiger partial charge on any atom is -0.322 e. The molecule has 1 atom stereocenters. The van der Waals surface area contributed by atoms with Gasteiger partial charge in [0.1, 0.15) is 5.82 Å². The molecule has 0 saturated heterocycles. The Hall–Kier alpha value is -1.84. The van der Waals surface area contributed by atoms with Crippen molar-refractivity contribution in [2.24, 2.45) is 5.73 Å². The average Bonchev–Trinajstić information content (AvgIpc) is 2.81. The molecule has 0 aliphatic carbocycles. The highest BCUT2D eigenvalue weighted by molar-refractivity contribution is 6.30. The third-order valence-electron chi connectivity index (χ3n) is 3.35. The van der Waals surface area contributed by atoms with E-state index in [0.717, 1.165) is 28.4 Å². The third kappa shape index (κ3) is 2.42. The van der Waals surface area contributed by atoms with Gasteiger partial charge >= 0.3 is 0 Å². The zero-order valence-corrected chi connectivity index (χ0v) is 12.0. The van der Waals surface area contributed by atoms with E-state index in [2.05, 4.69) is 15.6 Å². The van der Waals surface area contributed by atoms with Gasteiger partial charge < -0.3 is 10.3 Å². The van der Waals surface area contributed by atoms with Crippen molar-refractivity contribution in [2.75, 3.05) is 0 Å². The lowest BCUT2D eigenvalue weighted by molar-refractivity contribution is 0.664. The van der Waals surface area contributed by atoms with E-state index >= 15 is 0 Å². The molecule has 20 heavy (non-hydrogen) atoms. The van der Waals surface area contributed by atoms with Crippen LogP contribution < -0.4 is 5.73 Å². The summed E-state index contributed by atoms with van der Waals surface area (Å²) in [5.74, 6) is 0.904. The summed E-state index contributed by atoms with van der Waals surface area (Å²) in [6.07, 6.45) is 0. The molecule has 1 aromatic heterocycles. The van der Waals surface area contributed by atoms with E-state index in [0.29, 0.717) is 0 Å². The molecule has 0 radical (unpaired) electrons. The van der Waals surface area contributed by atoms with Crippen molar-refractivity contribution < 1.29 is 0 Å². The molecule has 0 bridgehead atoms. The molecule has 102 valence electrons. The van der Waals surface area contributed by atoms with Crippen LogP contribution in [0.15, 0.2) is 48.5 Å². The number of halogens is 1. The Labute approximate surface area is 123 Å². The lowest BCUT2D eigenvalue weighted by Gasteiger charge is -2.11. The molecule has 2 aromatic carbocycles. The van der Waals surface area contributed by atoms with E-state index in [-0.39, 0.29) is 6.04 Å². The minimum absolute atomic E-state index is 0.102. The predicted molar refractivity (Wildman–Crippen MR) is 82.9 cm³/mol. The molecule has 4 heteroatoms. The van der Waals surface area contributed by atoms with E-state index in [1.54, 1.807) is 0 Å². The largest absolute Gasteiger partial charge is 0.322 e. The number of nitrogens with zero attached hydrogens (tertiary/aromatic N) is 2. The summed E-state index contributed by atoms with van der Waals surface area (Å²) in [5.41, 5.74) is 9.32. The molecular weight excluding hydrogens is 270 g/mol. The first-order valence-corrected chi connectivity index (χ1v) is 6.98. The Morgan fingerprint density at radius 2 is 1.85 bits per heavy atom. The number of nitrogens with two attached hydrogens (primary N) is 1. The zero-order chi connectivity index (χ0) is 14.1. The van der Waals surface area contributed by atoms with E-state index in [4.69, 9.17) is 17.3 Å². The molecule has 0 saturated carbocycles. The second kappa shape index (κ2) is 5.27. The van der Waals surface area contributed by atoms with Crippen molar-refractivity contribution >= 4 is 22.6 Å². The van der Waals surface area contributed by atoms with Crippen LogP contribution in [0.1, 0.15) is 24.4 Å². The van der Waals surface area contributed by atoms with Gasteiger partial charge in [-0.25, -0.2) is 4.98 Å². The zero-order valence-electron chi connectivity index (χ0n) is 11.3. The van der Waals surface area contributed by atoms with Crippen LogP contribution in [-0.4, -0.2) is 9.55 Å². The highest BCUT2D eigenvalue weighted by Crippen LogP contribution is 2.21. The van der Waals surface area contributed by atoms with Crippen molar-refractivity contribution in [3.63, 3.8) is 0 Å². The SMILES string of the molecule is CC(N)c1nc2ccccc2n1Cc1ccc(Cl)cc1. The average molecular weight is 286 g/mol. The van der Waals surface area contributed by atoms with E-state index in [1.807, 2.05) is 49.4 Å². The first kappa shape index (κ1) is 13.2. The van der Waals surface area contributed by atoms with Gasteiger partial charge in [0.25, 0.3) is 0 Å². The van der Waals surface area contributed by atoms with E-state index < -0.39 is 0 Å². The van der Waals surface area contributed by atoms with Gasteiger partial charge in [-0.3, -0.25) is 0 Å². The van der Waals surface area contributed by atoms with Gasteiger partial charge in [0, 0.05) is 11.6 Å². The molecule has 3 rings (SSSR count). The summed E-state index contributed by atoms with van der Waals surface area (Å²) in [6, 6.07) is 15.9. The number of para-hydroxylation sites is 2. The van der Waals surface area contributed by atoms with Gasteiger partial charge in [0.2, 0.25) is 0 Å². The van der Waals surface area contributed by atoms with E-state index in [1.165, 1.54) is 5.56 Å². The van der Waals surface area contributed by atoms with Gasteiger partial charge in [0.05, 0.1) is 17.1 Å². The molecule has 3 nitrogen and oxygen atoms in total. The fourth-order valence-corrected chi connectivity index (χ4v) is 2.51. The van der Waals surface area contributed by atoms with Crippen LogP contribution in [0.2, 0.25) is 5.02 Å². The standard InChI is InChI=1S/C16H16ClN3/c1-11(18)16-19-14-4-2-3-5-15(14)20(16)10-12-6-8-13(17)9-7-12/h2-9,11H,10,18H2,1H3.